The molecule has 2 rings (SSSR count). The maximum atomic E-state index is 3.65. The van der Waals surface area contributed by atoms with Crippen LogP contribution in [0.25, 0.3) is 0 Å². The first kappa shape index (κ1) is 13.6. The molecule has 0 aliphatic carbocycles. The first-order valence-corrected chi connectivity index (χ1v) is 7.14. The molecule has 1 aliphatic rings. The molecule has 2 heteroatoms. The fraction of sp³-hybridized carbons (Fsp3) is 0.625. The molecular weight excluding hydrogens is 220 g/mol. The minimum Gasteiger partial charge on any atom is -0.311 e. The predicted octanol–water partition coefficient (Wildman–Crippen LogP) is 2.69. The van der Waals surface area contributed by atoms with E-state index >= 15 is 0 Å². The van der Waals surface area contributed by atoms with Gasteiger partial charge in [-0.1, -0.05) is 37.3 Å². The molecular formula is C16H26N2. The van der Waals surface area contributed by atoms with E-state index in [4.69, 9.17) is 0 Å². The van der Waals surface area contributed by atoms with Gasteiger partial charge in [-0.3, -0.25) is 4.90 Å². The summed E-state index contributed by atoms with van der Waals surface area (Å²) in [5, 5.41) is 3.65. The van der Waals surface area contributed by atoms with Crippen molar-refractivity contribution in [1.29, 1.82) is 0 Å². The van der Waals surface area contributed by atoms with Gasteiger partial charge in [-0.05, 0) is 32.3 Å². The number of piperazine rings is 1. The van der Waals surface area contributed by atoms with Gasteiger partial charge in [0.15, 0.2) is 0 Å². The number of rotatable bonds is 4. The van der Waals surface area contributed by atoms with Crippen molar-refractivity contribution in [3.05, 3.63) is 35.9 Å². The topological polar surface area (TPSA) is 15.3 Å². The Balaban J connectivity index is 1.93. The van der Waals surface area contributed by atoms with Crippen LogP contribution in [-0.4, -0.2) is 36.1 Å². The van der Waals surface area contributed by atoms with Crippen LogP contribution >= 0.6 is 0 Å². The zero-order valence-corrected chi connectivity index (χ0v) is 11.9. The Bertz CT molecular complexity index is 359. The van der Waals surface area contributed by atoms with Gasteiger partial charge in [-0.15, -0.1) is 0 Å². The van der Waals surface area contributed by atoms with Crippen molar-refractivity contribution in [2.75, 3.05) is 19.6 Å². The van der Waals surface area contributed by atoms with Gasteiger partial charge in [-0.25, -0.2) is 0 Å². The van der Waals surface area contributed by atoms with Crippen molar-refractivity contribution in [3.8, 4) is 0 Å². The van der Waals surface area contributed by atoms with Crippen molar-refractivity contribution in [2.24, 2.45) is 0 Å². The summed E-state index contributed by atoms with van der Waals surface area (Å²) in [7, 11) is 0. The molecule has 1 unspecified atom stereocenters. The van der Waals surface area contributed by atoms with Crippen molar-refractivity contribution < 1.29 is 0 Å². The molecule has 100 valence electrons. The maximum absolute atomic E-state index is 3.65. The van der Waals surface area contributed by atoms with E-state index in [9.17, 15) is 0 Å². The minimum atomic E-state index is 0.278. The summed E-state index contributed by atoms with van der Waals surface area (Å²) in [4.78, 5) is 2.64. The fourth-order valence-electron chi connectivity index (χ4n) is 2.66. The molecule has 0 spiro atoms. The molecule has 0 radical (unpaired) electrons. The average Bonchev–Trinajstić information content (AvgIpc) is 2.38. The van der Waals surface area contributed by atoms with Crippen LogP contribution in [-0.2, 0) is 6.42 Å². The van der Waals surface area contributed by atoms with Gasteiger partial charge in [0.1, 0.15) is 0 Å². The van der Waals surface area contributed by atoms with Gasteiger partial charge < -0.3 is 5.32 Å². The average molecular weight is 246 g/mol. The van der Waals surface area contributed by atoms with Gasteiger partial charge >= 0.3 is 0 Å². The molecule has 1 atom stereocenters. The lowest BCUT2D eigenvalue weighted by atomic mass is 9.96. The predicted molar refractivity (Wildman–Crippen MR) is 77.9 cm³/mol. The van der Waals surface area contributed by atoms with Crippen LogP contribution in [0.4, 0.5) is 0 Å². The number of hydrogen-bond donors (Lipinski definition) is 1. The van der Waals surface area contributed by atoms with E-state index in [0.29, 0.717) is 6.04 Å². The van der Waals surface area contributed by atoms with E-state index in [1.54, 1.807) is 0 Å². The van der Waals surface area contributed by atoms with Crippen molar-refractivity contribution in [3.63, 3.8) is 0 Å². The van der Waals surface area contributed by atoms with Gasteiger partial charge in [-0.2, -0.15) is 0 Å². The highest BCUT2D eigenvalue weighted by Gasteiger charge is 2.32. The Hall–Kier alpha value is -0.860. The van der Waals surface area contributed by atoms with Gasteiger partial charge in [0.2, 0.25) is 0 Å². The van der Waals surface area contributed by atoms with Crippen LogP contribution in [0.3, 0.4) is 0 Å². The number of benzene rings is 1. The quantitative estimate of drug-likeness (QED) is 0.878. The SMILES string of the molecule is CCC1CN(CCc2ccccc2)C(C)(C)CN1. The van der Waals surface area contributed by atoms with Gasteiger partial charge in [0, 0.05) is 31.2 Å². The third-order valence-electron chi connectivity index (χ3n) is 4.13. The number of hydrogen-bond acceptors (Lipinski definition) is 2. The molecule has 18 heavy (non-hydrogen) atoms. The minimum absolute atomic E-state index is 0.278. The second kappa shape index (κ2) is 5.85. The van der Waals surface area contributed by atoms with Crippen LogP contribution in [0.2, 0.25) is 0 Å². The summed E-state index contributed by atoms with van der Waals surface area (Å²) >= 11 is 0. The standard InChI is InChI=1S/C16H26N2/c1-4-15-12-18(16(2,3)13-17-15)11-10-14-8-6-5-7-9-14/h5-9,15,17H,4,10-13H2,1-3H3. The zero-order valence-electron chi connectivity index (χ0n) is 11.9. The molecule has 0 bridgehead atoms. The summed E-state index contributed by atoms with van der Waals surface area (Å²) in [6, 6.07) is 11.5. The van der Waals surface area contributed by atoms with Crippen LogP contribution in [0.15, 0.2) is 30.3 Å². The molecule has 1 aromatic carbocycles. The molecule has 2 nitrogen and oxygen atoms in total. The Morgan fingerprint density at radius 3 is 2.67 bits per heavy atom. The van der Waals surface area contributed by atoms with Gasteiger partial charge in [0.25, 0.3) is 0 Å². The summed E-state index contributed by atoms with van der Waals surface area (Å²) in [6.45, 7) is 10.4. The second-order valence-electron chi connectivity index (χ2n) is 5.98. The summed E-state index contributed by atoms with van der Waals surface area (Å²) in [5.41, 5.74) is 1.72. The van der Waals surface area contributed by atoms with E-state index in [2.05, 4.69) is 61.3 Å². The Morgan fingerprint density at radius 2 is 2.00 bits per heavy atom. The first-order chi connectivity index (χ1) is 8.62. The third-order valence-corrected chi connectivity index (χ3v) is 4.13. The number of nitrogens with zero attached hydrogens (tertiary/aromatic N) is 1. The van der Waals surface area contributed by atoms with Crippen molar-refractivity contribution >= 4 is 0 Å². The van der Waals surface area contributed by atoms with Gasteiger partial charge in [0.05, 0.1) is 0 Å². The molecule has 1 fully saturated rings. The highest BCUT2D eigenvalue weighted by Crippen LogP contribution is 2.20. The first-order valence-electron chi connectivity index (χ1n) is 7.14. The molecule has 1 N–H and O–H groups in total. The summed E-state index contributed by atoms with van der Waals surface area (Å²) in [6.07, 6.45) is 2.37. The van der Waals surface area contributed by atoms with Crippen LogP contribution < -0.4 is 5.32 Å². The van der Waals surface area contributed by atoms with Crippen LogP contribution in [0.1, 0.15) is 32.8 Å². The maximum Gasteiger partial charge on any atom is 0.0278 e. The molecule has 0 saturated carbocycles. The lowest BCUT2D eigenvalue weighted by molar-refractivity contribution is 0.0664. The molecule has 1 heterocycles. The molecule has 0 aromatic heterocycles. The molecule has 0 amide bonds. The molecule has 1 aliphatic heterocycles. The largest absolute Gasteiger partial charge is 0.311 e. The van der Waals surface area contributed by atoms with E-state index in [1.165, 1.54) is 18.5 Å². The second-order valence-corrected chi connectivity index (χ2v) is 5.98. The van der Waals surface area contributed by atoms with Crippen molar-refractivity contribution in [2.45, 2.75) is 45.2 Å². The number of nitrogens with one attached hydrogen (secondary N) is 1. The lowest BCUT2D eigenvalue weighted by Crippen LogP contribution is -2.62. The third kappa shape index (κ3) is 3.33. The normalized spacial score (nSPS) is 24.1. The highest BCUT2D eigenvalue weighted by molar-refractivity contribution is 5.15. The summed E-state index contributed by atoms with van der Waals surface area (Å²) < 4.78 is 0. The van der Waals surface area contributed by atoms with E-state index < -0.39 is 0 Å². The van der Waals surface area contributed by atoms with E-state index in [-0.39, 0.29) is 5.54 Å². The molecule has 1 saturated heterocycles. The molecule has 1 aromatic rings. The van der Waals surface area contributed by atoms with Crippen LogP contribution in [0.5, 0.6) is 0 Å². The summed E-state index contributed by atoms with van der Waals surface area (Å²) in [5.74, 6) is 0. The monoisotopic (exact) mass is 246 g/mol. The van der Waals surface area contributed by atoms with Crippen LogP contribution in [0, 0.1) is 0 Å². The Labute approximate surface area is 111 Å². The zero-order chi connectivity index (χ0) is 13.0. The highest BCUT2D eigenvalue weighted by atomic mass is 15.3. The Kier molecular flexibility index (Phi) is 4.41. The fourth-order valence-corrected chi connectivity index (χ4v) is 2.66. The van der Waals surface area contributed by atoms with E-state index in [0.717, 1.165) is 19.5 Å². The lowest BCUT2D eigenvalue weighted by Gasteiger charge is -2.46. The van der Waals surface area contributed by atoms with Crippen molar-refractivity contribution in [1.82, 2.24) is 10.2 Å². The smallest absolute Gasteiger partial charge is 0.0278 e. The Morgan fingerprint density at radius 1 is 1.28 bits per heavy atom. The van der Waals surface area contributed by atoms with E-state index in [1.807, 2.05) is 0 Å².